The van der Waals surface area contributed by atoms with Crippen LogP contribution >= 0.6 is 0 Å². The molecule has 1 aliphatic heterocycles. The molecule has 1 aromatic heterocycles. The van der Waals surface area contributed by atoms with Gasteiger partial charge in [-0.1, -0.05) is 0 Å². The van der Waals surface area contributed by atoms with Crippen LogP contribution in [0.5, 0.6) is 0 Å². The molecule has 0 aliphatic carbocycles. The second-order valence-electron chi connectivity index (χ2n) is 5.43. The third-order valence-electron chi connectivity index (χ3n) is 3.95. The molecule has 0 aromatic carbocycles. The smallest absolute Gasteiger partial charge is 0.259 e. The topological polar surface area (TPSA) is 76.0 Å². The molecule has 0 bridgehead atoms. The standard InChI is InChI=1S/C13H24N4O2S/c1-4-17-9-13(15-11(17)3)20(18,19)16-10(2)12-6-5-7-14-8-12/h9-10,12,14,16H,4-8H2,1-3H3. The van der Waals surface area contributed by atoms with E-state index in [1.807, 2.05) is 25.3 Å². The normalized spacial score (nSPS) is 21.9. The van der Waals surface area contributed by atoms with E-state index in [1.165, 1.54) is 0 Å². The summed E-state index contributed by atoms with van der Waals surface area (Å²) < 4.78 is 29.3. The molecule has 0 spiro atoms. The van der Waals surface area contributed by atoms with Crippen molar-refractivity contribution in [2.75, 3.05) is 13.1 Å². The molecular formula is C13H24N4O2S. The molecule has 20 heavy (non-hydrogen) atoms. The third-order valence-corrected chi connectivity index (χ3v) is 5.38. The van der Waals surface area contributed by atoms with Gasteiger partial charge in [0.2, 0.25) is 0 Å². The summed E-state index contributed by atoms with van der Waals surface area (Å²) in [6, 6.07) is -0.0834. The number of imidazole rings is 1. The van der Waals surface area contributed by atoms with Crippen LogP contribution in [-0.2, 0) is 16.6 Å². The van der Waals surface area contributed by atoms with Crippen molar-refractivity contribution in [3.8, 4) is 0 Å². The second kappa shape index (κ2) is 6.24. The van der Waals surface area contributed by atoms with Crippen molar-refractivity contribution >= 4 is 10.0 Å². The van der Waals surface area contributed by atoms with Crippen LogP contribution in [0.4, 0.5) is 0 Å². The Morgan fingerprint density at radius 2 is 2.35 bits per heavy atom. The Balaban J connectivity index is 2.09. The summed E-state index contributed by atoms with van der Waals surface area (Å²) in [6.45, 7) is 8.32. The Morgan fingerprint density at radius 1 is 1.60 bits per heavy atom. The lowest BCUT2D eigenvalue weighted by Gasteiger charge is -2.28. The van der Waals surface area contributed by atoms with Gasteiger partial charge in [-0.15, -0.1) is 0 Å². The Bertz CT molecular complexity index is 547. The van der Waals surface area contributed by atoms with Crippen molar-refractivity contribution in [2.45, 2.75) is 51.2 Å². The molecule has 0 radical (unpaired) electrons. The molecule has 0 amide bonds. The molecule has 2 rings (SSSR count). The monoisotopic (exact) mass is 300 g/mol. The molecule has 2 heterocycles. The summed E-state index contributed by atoms with van der Waals surface area (Å²) in [5.74, 6) is 1.06. The number of aromatic nitrogens is 2. The van der Waals surface area contributed by atoms with E-state index in [0.29, 0.717) is 5.92 Å². The van der Waals surface area contributed by atoms with Crippen LogP contribution in [0.1, 0.15) is 32.5 Å². The summed E-state index contributed by atoms with van der Waals surface area (Å²) in [5.41, 5.74) is 0. The van der Waals surface area contributed by atoms with Crippen molar-refractivity contribution < 1.29 is 8.42 Å². The summed E-state index contributed by atoms with van der Waals surface area (Å²) >= 11 is 0. The molecular weight excluding hydrogens is 276 g/mol. The summed E-state index contributed by atoms with van der Waals surface area (Å²) in [5, 5.41) is 3.43. The summed E-state index contributed by atoms with van der Waals surface area (Å²) in [4.78, 5) is 4.15. The van der Waals surface area contributed by atoms with E-state index < -0.39 is 10.0 Å². The Labute approximate surface area is 121 Å². The maximum absolute atomic E-state index is 12.4. The van der Waals surface area contributed by atoms with Crippen LogP contribution < -0.4 is 10.0 Å². The molecule has 1 saturated heterocycles. The first-order chi connectivity index (χ1) is 9.44. The largest absolute Gasteiger partial charge is 0.334 e. The molecule has 0 saturated carbocycles. The number of nitrogens with zero attached hydrogens (tertiary/aromatic N) is 2. The average molecular weight is 300 g/mol. The number of rotatable bonds is 5. The summed E-state index contributed by atoms with van der Waals surface area (Å²) in [6.07, 6.45) is 3.75. The number of hydrogen-bond acceptors (Lipinski definition) is 4. The molecule has 7 heteroatoms. The number of aryl methyl sites for hydroxylation is 2. The highest BCUT2D eigenvalue weighted by Gasteiger charge is 2.26. The minimum absolute atomic E-state index is 0.0834. The number of sulfonamides is 1. The van der Waals surface area contributed by atoms with Gasteiger partial charge >= 0.3 is 0 Å². The van der Waals surface area contributed by atoms with E-state index in [4.69, 9.17) is 0 Å². The maximum Gasteiger partial charge on any atom is 0.259 e. The molecule has 114 valence electrons. The Kier molecular flexibility index (Phi) is 4.82. The fourth-order valence-corrected chi connectivity index (χ4v) is 3.96. The van der Waals surface area contributed by atoms with Crippen molar-refractivity contribution in [1.29, 1.82) is 0 Å². The van der Waals surface area contributed by atoms with Crippen LogP contribution in [0, 0.1) is 12.8 Å². The number of nitrogens with one attached hydrogen (secondary N) is 2. The van der Waals surface area contributed by atoms with Crippen LogP contribution in [0.2, 0.25) is 0 Å². The molecule has 2 N–H and O–H groups in total. The van der Waals surface area contributed by atoms with Crippen LogP contribution in [-0.4, -0.2) is 37.1 Å². The number of hydrogen-bond donors (Lipinski definition) is 2. The Morgan fingerprint density at radius 3 is 2.90 bits per heavy atom. The van der Waals surface area contributed by atoms with Gasteiger partial charge < -0.3 is 9.88 Å². The molecule has 2 atom stereocenters. The van der Waals surface area contributed by atoms with E-state index in [9.17, 15) is 8.42 Å². The lowest BCUT2D eigenvalue weighted by Crippen LogP contribution is -2.44. The average Bonchev–Trinajstić information content (AvgIpc) is 2.81. The maximum atomic E-state index is 12.4. The van der Waals surface area contributed by atoms with Gasteiger partial charge in [0.1, 0.15) is 5.82 Å². The zero-order valence-electron chi connectivity index (χ0n) is 12.4. The second-order valence-corrected chi connectivity index (χ2v) is 7.09. The third kappa shape index (κ3) is 3.39. The quantitative estimate of drug-likeness (QED) is 0.846. The zero-order chi connectivity index (χ0) is 14.8. The minimum Gasteiger partial charge on any atom is -0.334 e. The minimum atomic E-state index is -3.53. The fraction of sp³-hybridized carbons (Fsp3) is 0.769. The first-order valence-corrected chi connectivity index (χ1v) is 8.69. The van der Waals surface area contributed by atoms with Gasteiger partial charge in [0.15, 0.2) is 5.03 Å². The fourth-order valence-electron chi connectivity index (χ4n) is 2.64. The van der Waals surface area contributed by atoms with Crippen molar-refractivity contribution in [2.24, 2.45) is 5.92 Å². The molecule has 6 nitrogen and oxygen atoms in total. The van der Waals surface area contributed by atoms with Gasteiger partial charge in [-0.25, -0.2) is 18.1 Å². The number of piperidine rings is 1. The van der Waals surface area contributed by atoms with Gasteiger partial charge in [-0.2, -0.15) is 0 Å². The SMILES string of the molecule is CCn1cc(S(=O)(=O)NC(C)C2CCCNC2)nc1C. The van der Waals surface area contributed by atoms with E-state index in [1.54, 1.807) is 6.20 Å². The predicted octanol–water partition coefficient (Wildman–Crippen LogP) is 0.878. The lowest BCUT2D eigenvalue weighted by molar-refractivity contribution is 0.320. The van der Waals surface area contributed by atoms with Crippen molar-refractivity contribution in [3.05, 3.63) is 12.0 Å². The Hall–Kier alpha value is -0.920. The molecule has 1 fully saturated rings. The zero-order valence-corrected chi connectivity index (χ0v) is 13.2. The molecule has 2 unspecified atom stereocenters. The highest BCUT2D eigenvalue weighted by molar-refractivity contribution is 7.89. The van der Waals surface area contributed by atoms with Gasteiger partial charge in [-0.05, 0) is 52.6 Å². The molecule has 1 aromatic rings. The molecule has 1 aliphatic rings. The highest BCUT2D eigenvalue weighted by Crippen LogP contribution is 2.17. The van der Waals surface area contributed by atoms with E-state index >= 15 is 0 Å². The van der Waals surface area contributed by atoms with E-state index in [0.717, 1.165) is 38.3 Å². The van der Waals surface area contributed by atoms with Gasteiger partial charge in [0.25, 0.3) is 10.0 Å². The lowest BCUT2D eigenvalue weighted by atomic mass is 9.94. The van der Waals surface area contributed by atoms with Crippen molar-refractivity contribution in [1.82, 2.24) is 19.6 Å². The van der Waals surface area contributed by atoms with Gasteiger partial charge in [-0.3, -0.25) is 0 Å². The van der Waals surface area contributed by atoms with Crippen LogP contribution in [0.15, 0.2) is 11.2 Å². The van der Waals surface area contributed by atoms with Crippen LogP contribution in [0.3, 0.4) is 0 Å². The van der Waals surface area contributed by atoms with E-state index in [2.05, 4.69) is 15.0 Å². The first kappa shape index (κ1) is 15.5. The predicted molar refractivity (Wildman–Crippen MR) is 78.0 cm³/mol. The van der Waals surface area contributed by atoms with Gasteiger partial charge in [0.05, 0.1) is 0 Å². The van der Waals surface area contributed by atoms with Gasteiger partial charge in [0, 0.05) is 18.8 Å². The summed E-state index contributed by atoms with van der Waals surface area (Å²) in [7, 11) is -3.53. The highest BCUT2D eigenvalue weighted by atomic mass is 32.2. The first-order valence-electron chi connectivity index (χ1n) is 7.21. The van der Waals surface area contributed by atoms with E-state index in [-0.39, 0.29) is 11.1 Å². The van der Waals surface area contributed by atoms with Crippen LogP contribution in [0.25, 0.3) is 0 Å². The van der Waals surface area contributed by atoms with Crippen molar-refractivity contribution in [3.63, 3.8) is 0 Å².